The summed E-state index contributed by atoms with van der Waals surface area (Å²) < 4.78 is 0. The molecule has 3 aromatic rings. The highest BCUT2D eigenvalue weighted by atomic mass is 32.2. The fourth-order valence-electron chi connectivity index (χ4n) is 3.28. The molecule has 6 nitrogen and oxygen atoms in total. The Bertz CT molecular complexity index is 1030. The number of fused-ring (bicyclic) bond motifs is 2. The molecule has 0 radical (unpaired) electrons. The van der Waals surface area contributed by atoms with E-state index in [1.165, 1.54) is 34.3 Å². The van der Waals surface area contributed by atoms with E-state index in [-0.39, 0.29) is 11.7 Å². The van der Waals surface area contributed by atoms with E-state index in [1.807, 2.05) is 11.4 Å². The highest BCUT2D eigenvalue weighted by Gasteiger charge is 2.27. The summed E-state index contributed by atoms with van der Waals surface area (Å²) in [5.74, 6) is 0.151. The number of nitrogens with zero attached hydrogens (tertiary/aromatic N) is 2. The van der Waals surface area contributed by atoms with Gasteiger partial charge in [0.15, 0.2) is 0 Å². The van der Waals surface area contributed by atoms with Crippen molar-refractivity contribution in [1.82, 2.24) is 9.97 Å². The highest BCUT2D eigenvalue weighted by molar-refractivity contribution is 8.00. The Morgan fingerprint density at radius 3 is 3.07 bits per heavy atom. The number of rotatable bonds is 5. The second kappa shape index (κ2) is 7.57. The first kappa shape index (κ1) is 18.4. The van der Waals surface area contributed by atoms with Crippen LogP contribution in [0.25, 0.3) is 10.2 Å². The number of hydrogen-bond acceptors (Lipinski definition) is 7. The average molecular weight is 419 g/mol. The number of carbonyl (C=O) groups is 2. The van der Waals surface area contributed by atoms with Gasteiger partial charge in [-0.2, -0.15) is 0 Å². The largest absolute Gasteiger partial charge is 0.365 e. The molecule has 0 aromatic carbocycles. The van der Waals surface area contributed by atoms with Gasteiger partial charge in [0.1, 0.15) is 21.2 Å². The van der Waals surface area contributed by atoms with Gasteiger partial charge >= 0.3 is 0 Å². The zero-order valence-corrected chi connectivity index (χ0v) is 17.1. The summed E-state index contributed by atoms with van der Waals surface area (Å²) in [6.07, 6.45) is 4.32. The van der Waals surface area contributed by atoms with E-state index < -0.39 is 5.91 Å². The lowest BCUT2D eigenvalue weighted by molar-refractivity contribution is -0.113. The Morgan fingerprint density at radius 2 is 2.26 bits per heavy atom. The molecule has 1 atom stereocenters. The zero-order valence-electron chi connectivity index (χ0n) is 14.7. The predicted molar refractivity (Wildman–Crippen MR) is 111 cm³/mol. The molecule has 2 amide bonds. The number of thiophene rings is 2. The molecular formula is C18H18N4O2S3. The van der Waals surface area contributed by atoms with Crippen LogP contribution in [0.5, 0.6) is 0 Å². The molecule has 0 saturated heterocycles. The summed E-state index contributed by atoms with van der Waals surface area (Å²) in [6, 6.07) is 1.96. The molecular weight excluding hydrogens is 400 g/mol. The van der Waals surface area contributed by atoms with Gasteiger partial charge in [0.25, 0.3) is 5.91 Å². The average Bonchev–Trinajstić information content (AvgIpc) is 3.23. The summed E-state index contributed by atoms with van der Waals surface area (Å²) in [5.41, 5.74) is 7.11. The molecule has 9 heteroatoms. The van der Waals surface area contributed by atoms with Gasteiger partial charge in [-0.3, -0.25) is 9.59 Å². The Hall–Kier alpha value is -1.97. The number of amides is 2. The van der Waals surface area contributed by atoms with Crippen molar-refractivity contribution >= 4 is 61.5 Å². The minimum atomic E-state index is -0.471. The fraction of sp³-hybridized carbons (Fsp3) is 0.333. The molecule has 3 aromatic heterocycles. The maximum absolute atomic E-state index is 12.5. The van der Waals surface area contributed by atoms with Gasteiger partial charge in [0.2, 0.25) is 5.91 Å². The molecule has 0 spiro atoms. The van der Waals surface area contributed by atoms with Crippen LogP contribution in [-0.4, -0.2) is 27.5 Å². The van der Waals surface area contributed by atoms with Crippen LogP contribution in [0.4, 0.5) is 5.00 Å². The monoisotopic (exact) mass is 418 g/mol. The second-order valence-electron chi connectivity index (χ2n) is 6.58. The predicted octanol–water partition coefficient (Wildman–Crippen LogP) is 3.71. The number of thioether (sulfide) groups is 1. The Balaban J connectivity index is 1.50. The molecule has 3 heterocycles. The minimum absolute atomic E-state index is 0.170. The van der Waals surface area contributed by atoms with Crippen molar-refractivity contribution in [3.63, 3.8) is 0 Å². The van der Waals surface area contributed by atoms with Gasteiger partial charge < -0.3 is 11.1 Å². The van der Waals surface area contributed by atoms with E-state index in [2.05, 4.69) is 22.2 Å². The molecule has 0 fully saturated rings. The van der Waals surface area contributed by atoms with Crippen molar-refractivity contribution in [3.8, 4) is 0 Å². The first-order valence-electron chi connectivity index (χ1n) is 8.58. The van der Waals surface area contributed by atoms with Gasteiger partial charge in [0, 0.05) is 10.3 Å². The van der Waals surface area contributed by atoms with Gasteiger partial charge in [-0.15, -0.1) is 22.7 Å². The smallest absolute Gasteiger partial charge is 0.251 e. The lowest BCUT2D eigenvalue weighted by Crippen LogP contribution is -2.20. The van der Waals surface area contributed by atoms with E-state index in [1.54, 1.807) is 11.3 Å². The number of aromatic nitrogens is 2. The molecule has 0 unspecified atom stereocenters. The zero-order chi connectivity index (χ0) is 19.0. The number of nitrogens with one attached hydrogen (secondary N) is 1. The third kappa shape index (κ3) is 3.71. The molecule has 0 aliphatic heterocycles. The molecule has 4 rings (SSSR count). The molecule has 0 saturated carbocycles. The van der Waals surface area contributed by atoms with Gasteiger partial charge in [-0.05, 0) is 42.2 Å². The summed E-state index contributed by atoms with van der Waals surface area (Å²) in [5, 5.41) is 7.17. The fourth-order valence-corrected chi connectivity index (χ4v) is 6.29. The normalized spacial score (nSPS) is 16.3. The summed E-state index contributed by atoms with van der Waals surface area (Å²) in [7, 11) is 0. The van der Waals surface area contributed by atoms with Crippen molar-refractivity contribution in [2.24, 2.45) is 11.7 Å². The molecule has 0 bridgehead atoms. The number of carbonyl (C=O) groups excluding carboxylic acids is 2. The van der Waals surface area contributed by atoms with E-state index in [4.69, 9.17) is 5.73 Å². The second-order valence-corrected chi connectivity index (χ2v) is 9.54. The van der Waals surface area contributed by atoms with E-state index in [0.29, 0.717) is 16.5 Å². The lowest BCUT2D eigenvalue weighted by Gasteiger charge is -2.18. The highest BCUT2D eigenvalue weighted by Crippen LogP contribution is 2.39. The van der Waals surface area contributed by atoms with E-state index >= 15 is 0 Å². The first-order valence-corrected chi connectivity index (χ1v) is 11.3. The Kier molecular flexibility index (Phi) is 5.16. The summed E-state index contributed by atoms with van der Waals surface area (Å²) in [4.78, 5) is 35.0. The van der Waals surface area contributed by atoms with Crippen LogP contribution in [0.15, 0.2) is 22.8 Å². The summed E-state index contributed by atoms with van der Waals surface area (Å²) in [6.45, 7) is 2.20. The van der Waals surface area contributed by atoms with Crippen molar-refractivity contribution in [3.05, 3.63) is 33.8 Å². The number of nitrogens with two attached hydrogens (primary N) is 1. The van der Waals surface area contributed by atoms with Crippen molar-refractivity contribution in [2.75, 3.05) is 11.1 Å². The molecule has 140 valence electrons. The van der Waals surface area contributed by atoms with Gasteiger partial charge in [0.05, 0.1) is 11.3 Å². The quantitative estimate of drug-likeness (QED) is 0.486. The number of primary amides is 1. The van der Waals surface area contributed by atoms with Crippen LogP contribution in [-0.2, 0) is 17.6 Å². The van der Waals surface area contributed by atoms with Crippen LogP contribution in [0.1, 0.15) is 34.1 Å². The van der Waals surface area contributed by atoms with E-state index in [9.17, 15) is 9.59 Å². The molecule has 27 heavy (non-hydrogen) atoms. The Labute approximate surface area is 168 Å². The number of hydrogen-bond donors (Lipinski definition) is 2. The van der Waals surface area contributed by atoms with Crippen LogP contribution in [0, 0.1) is 5.92 Å². The van der Waals surface area contributed by atoms with Crippen LogP contribution < -0.4 is 11.1 Å². The van der Waals surface area contributed by atoms with Crippen LogP contribution in [0.3, 0.4) is 0 Å². The Morgan fingerprint density at radius 1 is 1.41 bits per heavy atom. The maximum Gasteiger partial charge on any atom is 0.251 e. The molecule has 3 N–H and O–H groups in total. The standard InChI is InChI=1S/C18H18N4O2S3/c1-9-2-3-10-12(6-9)27-18(14(10)15(19)24)22-13(23)7-26-17-11-4-5-25-16(11)20-8-21-17/h4-5,8-9H,2-3,6-7H2,1H3,(H2,19,24)(H,22,23)/t9-/m0/s1. The van der Waals surface area contributed by atoms with Crippen LogP contribution >= 0.6 is 34.4 Å². The van der Waals surface area contributed by atoms with Crippen molar-refractivity contribution in [1.29, 1.82) is 0 Å². The third-order valence-electron chi connectivity index (χ3n) is 4.58. The third-order valence-corrected chi connectivity index (χ3v) is 7.57. The molecule has 1 aliphatic carbocycles. The number of anilines is 1. The topological polar surface area (TPSA) is 98.0 Å². The molecule has 1 aliphatic rings. The van der Waals surface area contributed by atoms with Gasteiger partial charge in [-0.25, -0.2) is 9.97 Å². The minimum Gasteiger partial charge on any atom is -0.365 e. The first-order chi connectivity index (χ1) is 13.0. The van der Waals surface area contributed by atoms with E-state index in [0.717, 1.165) is 40.1 Å². The lowest BCUT2D eigenvalue weighted by atomic mass is 9.88. The van der Waals surface area contributed by atoms with Crippen molar-refractivity contribution < 1.29 is 9.59 Å². The van der Waals surface area contributed by atoms with Crippen molar-refractivity contribution in [2.45, 2.75) is 31.2 Å². The van der Waals surface area contributed by atoms with Gasteiger partial charge in [-0.1, -0.05) is 18.7 Å². The summed E-state index contributed by atoms with van der Waals surface area (Å²) >= 11 is 4.39. The van der Waals surface area contributed by atoms with Crippen LogP contribution in [0.2, 0.25) is 0 Å². The maximum atomic E-state index is 12.5. The SMILES string of the molecule is C[C@H]1CCc2c(sc(NC(=O)CSc3ncnc4sccc34)c2C(N)=O)C1.